The van der Waals surface area contributed by atoms with Crippen LogP contribution in [-0.4, -0.2) is 60.2 Å². The highest BCUT2D eigenvalue weighted by molar-refractivity contribution is 7.17. The Bertz CT molecular complexity index is 1330. The first-order chi connectivity index (χ1) is 20.8. The van der Waals surface area contributed by atoms with Crippen LogP contribution in [-0.2, 0) is 11.3 Å². The number of likely N-dealkylation sites (tertiary alicyclic amines) is 1. The Hall–Kier alpha value is -3.67. The molecule has 0 atom stereocenters. The van der Waals surface area contributed by atoms with E-state index in [9.17, 15) is 9.59 Å². The number of rotatable bonds is 13. The lowest BCUT2D eigenvalue weighted by Crippen LogP contribution is -2.41. The Kier molecular flexibility index (Phi) is 11.8. The van der Waals surface area contributed by atoms with Gasteiger partial charge in [0.1, 0.15) is 17.6 Å². The molecule has 232 valence electrons. The number of carbonyl (C=O) groups excluding carboxylic acids is 2. The molecule has 0 radical (unpaired) electrons. The fraction of sp³-hybridized carbons (Fsp3) is 0.469. The van der Waals surface area contributed by atoms with Gasteiger partial charge < -0.3 is 29.7 Å². The van der Waals surface area contributed by atoms with E-state index in [2.05, 4.69) is 39.7 Å². The molecule has 2 heterocycles. The third-order valence-corrected chi connectivity index (χ3v) is 8.27. The van der Waals surface area contributed by atoms with E-state index in [4.69, 9.17) is 14.2 Å². The van der Waals surface area contributed by atoms with Gasteiger partial charge in [-0.05, 0) is 82.0 Å². The van der Waals surface area contributed by atoms with Crippen molar-refractivity contribution in [3.05, 3.63) is 59.8 Å². The SMILES string of the molecule is CCC(CC)NC(=O)Nc1ccc(Oc2cnc(NC(=O)c3ccc(OC4CCN(C(C)C)CC4)cc3)s2)c(COC)c1. The van der Waals surface area contributed by atoms with Crippen molar-refractivity contribution in [3.8, 4) is 16.6 Å². The fourth-order valence-electron chi connectivity index (χ4n) is 4.90. The van der Waals surface area contributed by atoms with Crippen LogP contribution in [0.3, 0.4) is 0 Å². The zero-order chi connectivity index (χ0) is 30.8. The fourth-order valence-corrected chi connectivity index (χ4v) is 5.58. The number of urea groups is 1. The molecule has 10 nitrogen and oxygen atoms in total. The third-order valence-electron chi connectivity index (χ3n) is 7.48. The molecule has 2 aromatic carbocycles. The molecule has 1 aromatic heterocycles. The summed E-state index contributed by atoms with van der Waals surface area (Å²) in [6.45, 7) is 10.9. The van der Waals surface area contributed by atoms with Gasteiger partial charge in [0.25, 0.3) is 5.91 Å². The summed E-state index contributed by atoms with van der Waals surface area (Å²) in [6, 6.07) is 13.0. The highest BCUT2D eigenvalue weighted by Gasteiger charge is 2.22. The maximum atomic E-state index is 12.9. The summed E-state index contributed by atoms with van der Waals surface area (Å²) in [5.74, 6) is 1.07. The molecule has 3 amide bonds. The topological polar surface area (TPSA) is 114 Å². The number of methoxy groups -OCH3 is 1. The molecule has 1 saturated heterocycles. The van der Waals surface area contributed by atoms with Crippen LogP contribution in [0.15, 0.2) is 48.7 Å². The van der Waals surface area contributed by atoms with Crippen LogP contribution >= 0.6 is 11.3 Å². The van der Waals surface area contributed by atoms with Crippen molar-refractivity contribution >= 4 is 34.1 Å². The largest absolute Gasteiger partial charge is 0.490 e. The van der Waals surface area contributed by atoms with E-state index >= 15 is 0 Å². The maximum absolute atomic E-state index is 12.9. The Morgan fingerprint density at radius 3 is 2.42 bits per heavy atom. The van der Waals surface area contributed by atoms with Crippen LogP contribution in [0.4, 0.5) is 15.6 Å². The zero-order valence-corrected chi connectivity index (χ0v) is 26.5. The van der Waals surface area contributed by atoms with E-state index in [1.807, 2.05) is 32.0 Å². The van der Waals surface area contributed by atoms with Crippen molar-refractivity contribution in [1.29, 1.82) is 0 Å². The molecule has 0 spiro atoms. The van der Waals surface area contributed by atoms with Gasteiger partial charge in [-0.1, -0.05) is 25.2 Å². The van der Waals surface area contributed by atoms with Crippen molar-refractivity contribution in [2.24, 2.45) is 0 Å². The Balaban J connectivity index is 1.31. The standard InChI is InChI=1S/C32H43N5O5S/c1-6-24(7-2)34-31(39)35-25-10-13-28(23(18-25)20-40-5)42-29-19-33-32(43-29)36-30(38)22-8-11-26(12-9-22)41-27-14-16-37(17-15-27)21(3)4/h8-13,18-19,21,24,27H,6-7,14-17,20H2,1-5H3,(H,33,36,38)(H2,34,35,39). The first-order valence-electron chi connectivity index (χ1n) is 14.9. The number of carbonyl (C=O) groups is 2. The number of ether oxygens (including phenoxy) is 3. The first-order valence-corrected chi connectivity index (χ1v) is 15.7. The number of anilines is 2. The Morgan fingerprint density at radius 2 is 1.77 bits per heavy atom. The van der Waals surface area contributed by atoms with Crippen molar-refractivity contribution in [2.75, 3.05) is 30.8 Å². The summed E-state index contributed by atoms with van der Waals surface area (Å²) < 4.78 is 17.6. The zero-order valence-electron chi connectivity index (χ0n) is 25.6. The van der Waals surface area contributed by atoms with Gasteiger partial charge in [-0.15, -0.1) is 0 Å². The Morgan fingerprint density at radius 1 is 1.05 bits per heavy atom. The molecule has 3 N–H and O–H groups in total. The molecule has 11 heteroatoms. The number of benzene rings is 2. The van der Waals surface area contributed by atoms with Crippen LogP contribution in [0.2, 0.25) is 0 Å². The number of piperidine rings is 1. The molecule has 0 unspecified atom stereocenters. The molecule has 4 rings (SSSR count). The van der Waals surface area contributed by atoms with Crippen molar-refractivity contribution in [3.63, 3.8) is 0 Å². The predicted molar refractivity (Wildman–Crippen MR) is 171 cm³/mol. The normalized spacial score (nSPS) is 14.1. The first kappa shape index (κ1) is 32.2. The highest BCUT2D eigenvalue weighted by atomic mass is 32.1. The van der Waals surface area contributed by atoms with E-state index < -0.39 is 0 Å². The molecular weight excluding hydrogens is 566 g/mol. The van der Waals surface area contributed by atoms with E-state index in [1.54, 1.807) is 37.6 Å². The maximum Gasteiger partial charge on any atom is 0.319 e. The number of aromatic nitrogens is 1. The number of thiazole rings is 1. The summed E-state index contributed by atoms with van der Waals surface area (Å²) in [4.78, 5) is 32.0. The van der Waals surface area contributed by atoms with Crippen LogP contribution in [0.5, 0.6) is 16.6 Å². The van der Waals surface area contributed by atoms with Gasteiger partial charge in [-0.3, -0.25) is 10.1 Å². The second kappa shape index (κ2) is 15.7. The minimum absolute atomic E-state index is 0.123. The van der Waals surface area contributed by atoms with Gasteiger partial charge >= 0.3 is 6.03 Å². The van der Waals surface area contributed by atoms with Crippen LogP contribution in [0, 0.1) is 0 Å². The quantitative estimate of drug-likeness (QED) is 0.193. The van der Waals surface area contributed by atoms with Gasteiger partial charge in [-0.2, -0.15) is 0 Å². The molecule has 43 heavy (non-hydrogen) atoms. The summed E-state index contributed by atoms with van der Waals surface area (Å²) in [7, 11) is 1.60. The number of nitrogens with one attached hydrogen (secondary N) is 3. The lowest BCUT2D eigenvalue weighted by molar-refractivity contribution is 0.0843. The molecule has 0 aliphatic carbocycles. The number of nitrogens with zero attached hydrogens (tertiary/aromatic N) is 2. The second-order valence-corrected chi connectivity index (χ2v) is 11.9. The van der Waals surface area contributed by atoms with Crippen molar-refractivity contribution in [2.45, 2.75) is 78.2 Å². The van der Waals surface area contributed by atoms with Gasteiger partial charge in [0.05, 0.1) is 12.8 Å². The van der Waals surface area contributed by atoms with Crippen molar-refractivity contribution < 1.29 is 23.8 Å². The van der Waals surface area contributed by atoms with E-state index in [-0.39, 0.29) is 30.7 Å². The van der Waals surface area contributed by atoms with Gasteiger partial charge in [0.15, 0.2) is 5.13 Å². The summed E-state index contributed by atoms with van der Waals surface area (Å²) in [6.07, 6.45) is 5.48. The monoisotopic (exact) mass is 609 g/mol. The lowest BCUT2D eigenvalue weighted by Gasteiger charge is -2.34. The average molecular weight is 610 g/mol. The molecule has 1 aliphatic heterocycles. The molecule has 0 bridgehead atoms. The summed E-state index contributed by atoms with van der Waals surface area (Å²) >= 11 is 1.22. The lowest BCUT2D eigenvalue weighted by atomic mass is 10.1. The predicted octanol–water partition coefficient (Wildman–Crippen LogP) is 6.90. The van der Waals surface area contributed by atoms with E-state index in [0.717, 1.165) is 50.1 Å². The van der Waals surface area contributed by atoms with Crippen LogP contribution in [0.25, 0.3) is 0 Å². The number of hydrogen-bond acceptors (Lipinski definition) is 8. The summed E-state index contributed by atoms with van der Waals surface area (Å²) in [5.41, 5.74) is 1.90. The molecule has 1 fully saturated rings. The molecule has 1 aliphatic rings. The Labute approximate surface area is 258 Å². The second-order valence-electron chi connectivity index (χ2n) is 10.9. The smallest absolute Gasteiger partial charge is 0.319 e. The minimum Gasteiger partial charge on any atom is -0.490 e. The molecular formula is C32H43N5O5S. The molecule has 3 aromatic rings. The number of hydrogen-bond donors (Lipinski definition) is 3. The van der Waals surface area contributed by atoms with Gasteiger partial charge in [-0.25, -0.2) is 9.78 Å². The van der Waals surface area contributed by atoms with Gasteiger partial charge in [0.2, 0.25) is 5.06 Å². The van der Waals surface area contributed by atoms with E-state index in [0.29, 0.717) is 33.2 Å². The van der Waals surface area contributed by atoms with Crippen molar-refractivity contribution in [1.82, 2.24) is 15.2 Å². The van der Waals surface area contributed by atoms with Crippen LogP contribution < -0.4 is 25.4 Å². The molecule has 0 saturated carbocycles. The highest BCUT2D eigenvalue weighted by Crippen LogP contribution is 2.34. The van der Waals surface area contributed by atoms with E-state index in [1.165, 1.54) is 11.3 Å². The van der Waals surface area contributed by atoms with Gasteiger partial charge in [0, 0.05) is 49.1 Å². The van der Waals surface area contributed by atoms with Crippen LogP contribution in [0.1, 0.15) is 69.3 Å². The number of amides is 3. The summed E-state index contributed by atoms with van der Waals surface area (Å²) in [5, 5.41) is 9.60. The third kappa shape index (κ3) is 9.41. The minimum atomic E-state index is -0.264. The average Bonchev–Trinajstić information content (AvgIpc) is 3.44.